The first-order valence-corrected chi connectivity index (χ1v) is 9.68. The number of benzene rings is 1. The van der Waals surface area contributed by atoms with Crippen molar-refractivity contribution >= 4 is 23.3 Å². The zero-order valence-corrected chi connectivity index (χ0v) is 17.3. The monoisotopic (exact) mass is 389 g/mol. The van der Waals surface area contributed by atoms with Gasteiger partial charge in [0.15, 0.2) is 0 Å². The first kappa shape index (κ1) is 21.6. The zero-order valence-electron chi connectivity index (χ0n) is 17.3. The Labute approximate surface area is 166 Å². The zero-order chi connectivity index (χ0) is 21.1. The summed E-state index contributed by atoms with van der Waals surface area (Å²) in [5.74, 6) is -0.688. The second-order valence-corrected chi connectivity index (χ2v) is 7.84. The van der Waals surface area contributed by atoms with E-state index in [0.717, 1.165) is 12.8 Å². The van der Waals surface area contributed by atoms with E-state index < -0.39 is 17.4 Å². The van der Waals surface area contributed by atoms with Crippen LogP contribution in [0.5, 0.6) is 5.75 Å². The molecule has 1 unspecified atom stereocenters. The summed E-state index contributed by atoms with van der Waals surface area (Å²) in [6, 6.07) is 5.10. The van der Waals surface area contributed by atoms with Gasteiger partial charge in [0.05, 0.1) is 28.3 Å². The van der Waals surface area contributed by atoms with E-state index in [9.17, 15) is 14.7 Å². The van der Waals surface area contributed by atoms with E-state index >= 15 is 0 Å². The Bertz CT molecular complexity index is 782. The number of amides is 1. The highest BCUT2D eigenvalue weighted by Gasteiger charge is 2.32. The molecule has 28 heavy (non-hydrogen) atoms. The number of carboxylic acid groups (broad SMARTS) is 1. The lowest BCUT2D eigenvalue weighted by Crippen LogP contribution is -2.45. The van der Waals surface area contributed by atoms with Gasteiger partial charge in [-0.05, 0) is 45.7 Å². The summed E-state index contributed by atoms with van der Waals surface area (Å²) in [7, 11) is 0. The minimum atomic E-state index is -1.07. The number of hydrogen-bond acceptors (Lipinski definition) is 5. The van der Waals surface area contributed by atoms with Crippen LogP contribution in [0.2, 0.25) is 0 Å². The number of rotatable bonds is 8. The molecule has 0 spiro atoms. The van der Waals surface area contributed by atoms with Crippen molar-refractivity contribution in [1.29, 1.82) is 0 Å². The molecule has 5 N–H and O–H groups in total. The molecule has 1 aromatic rings. The summed E-state index contributed by atoms with van der Waals surface area (Å²) in [4.78, 5) is 24.2. The van der Waals surface area contributed by atoms with Crippen LogP contribution in [0.1, 0.15) is 53.0 Å². The van der Waals surface area contributed by atoms with Crippen LogP contribution in [0.25, 0.3) is 5.70 Å². The first-order chi connectivity index (χ1) is 13.1. The van der Waals surface area contributed by atoms with Crippen molar-refractivity contribution in [3.63, 3.8) is 0 Å². The number of anilines is 1. The standard InChI is InChI=1S/C21H31N3O4/c1-6-13(7-2)24-20(27)21(4,5)11-28-15-10-8-9-14-17(15)18(22)16(19(25)26)12(3)23-14/h8-10,12-13,23H,6-7,11,22H2,1-5H3,(H,24,27)(H,25,26). The van der Waals surface area contributed by atoms with E-state index in [2.05, 4.69) is 10.6 Å². The third kappa shape index (κ3) is 4.40. The number of carbonyl (C=O) groups is 2. The van der Waals surface area contributed by atoms with Crippen LogP contribution in [0.4, 0.5) is 5.69 Å². The second-order valence-electron chi connectivity index (χ2n) is 7.84. The highest BCUT2D eigenvalue weighted by molar-refractivity contribution is 6.02. The molecule has 0 saturated carbocycles. The molecule has 7 heteroatoms. The van der Waals surface area contributed by atoms with Crippen molar-refractivity contribution < 1.29 is 19.4 Å². The Kier molecular flexibility index (Phi) is 6.59. The van der Waals surface area contributed by atoms with Crippen molar-refractivity contribution in [2.45, 2.75) is 59.5 Å². The molecule has 0 aromatic heterocycles. The van der Waals surface area contributed by atoms with Crippen LogP contribution in [-0.4, -0.2) is 35.7 Å². The van der Waals surface area contributed by atoms with Crippen molar-refractivity contribution in [2.75, 3.05) is 11.9 Å². The minimum absolute atomic E-state index is 0.0764. The van der Waals surface area contributed by atoms with Gasteiger partial charge in [-0.1, -0.05) is 19.9 Å². The predicted molar refractivity (Wildman–Crippen MR) is 110 cm³/mol. The van der Waals surface area contributed by atoms with Crippen molar-refractivity contribution in [1.82, 2.24) is 5.32 Å². The number of hydrogen-bond donors (Lipinski definition) is 4. The summed E-state index contributed by atoms with van der Waals surface area (Å²) in [5.41, 5.74) is 6.95. The predicted octanol–water partition coefficient (Wildman–Crippen LogP) is 2.96. The van der Waals surface area contributed by atoms with E-state index in [4.69, 9.17) is 10.5 Å². The number of carbonyl (C=O) groups excluding carboxylic acids is 1. The van der Waals surface area contributed by atoms with Crippen LogP contribution in [0, 0.1) is 5.41 Å². The van der Waals surface area contributed by atoms with Gasteiger partial charge in [-0.3, -0.25) is 4.79 Å². The number of nitrogens with two attached hydrogens (primary N) is 1. The number of fused-ring (bicyclic) bond motifs is 1. The molecule has 1 aliphatic rings. The van der Waals surface area contributed by atoms with Gasteiger partial charge in [-0.2, -0.15) is 0 Å². The molecule has 154 valence electrons. The van der Waals surface area contributed by atoms with E-state index in [1.807, 2.05) is 39.8 Å². The number of carboxylic acids is 1. The lowest BCUT2D eigenvalue weighted by atomic mass is 9.92. The van der Waals surface area contributed by atoms with Gasteiger partial charge in [-0.15, -0.1) is 0 Å². The fraction of sp³-hybridized carbons (Fsp3) is 0.524. The summed E-state index contributed by atoms with van der Waals surface area (Å²) in [6.07, 6.45) is 1.74. The number of nitrogens with one attached hydrogen (secondary N) is 2. The summed E-state index contributed by atoms with van der Waals surface area (Å²) in [5, 5.41) is 15.7. The average molecular weight is 389 g/mol. The molecule has 0 radical (unpaired) electrons. The molecule has 0 aliphatic carbocycles. The largest absolute Gasteiger partial charge is 0.492 e. The third-order valence-corrected chi connectivity index (χ3v) is 5.15. The minimum Gasteiger partial charge on any atom is -0.492 e. The van der Waals surface area contributed by atoms with Crippen LogP contribution in [-0.2, 0) is 9.59 Å². The van der Waals surface area contributed by atoms with E-state index in [1.54, 1.807) is 13.0 Å². The van der Waals surface area contributed by atoms with Gasteiger partial charge in [0.2, 0.25) is 5.91 Å². The molecule has 1 amide bonds. The molecule has 1 atom stereocenters. The van der Waals surface area contributed by atoms with Crippen LogP contribution < -0.4 is 21.1 Å². The summed E-state index contributed by atoms with van der Waals surface area (Å²) in [6.45, 7) is 9.61. The summed E-state index contributed by atoms with van der Waals surface area (Å²) < 4.78 is 5.97. The van der Waals surface area contributed by atoms with Gasteiger partial charge < -0.3 is 26.2 Å². The van der Waals surface area contributed by atoms with Crippen LogP contribution in [0.15, 0.2) is 23.8 Å². The SMILES string of the molecule is CCC(CC)NC(=O)C(C)(C)COc1cccc2c1C(N)=C(C(=O)O)C(C)N2. The van der Waals surface area contributed by atoms with E-state index in [-0.39, 0.29) is 29.8 Å². The van der Waals surface area contributed by atoms with Crippen LogP contribution in [0.3, 0.4) is 0 Å². The normalized spacial score (nSPS) is 16.4. The maximum Gasteiger partial charge on any atom is 0.335 e. The molecule has 1 aliphatic heterocycles. The van der Waals surface area contributed by atoms with E-state index in [0.29, 0.717) is 17.0 Å². The van der Waals surface area contributed by atoms with Gasteiger partial charge >= 0.3 is 5.97 Å². The van der Waals surface area contributed by atoms with Crippen molar-refractivity contribution in [3.8, 4) is 5.75 Å². The highest BCUT2D eigenvalue weighted by Crippen LogP contribution is 2.38. The Balaban J connectivity index is 2.25. The molecule has 7 nitrogen and oxygen atoms in total. The fourth-order valence-electron chi connectivity index (χ4n) is 3.22. The highest BCUT2D eigenvalue weighted by atomic mass is 16.5. The van der Waals surface area contributed by atoms with Crippen molar-refractivity contribution in [3.05, 3.63) is 29.3 Å². The fourth-order valence-corrected chi connectivity index (χ4v) is 3.22. The van der Waals surface area contributed by atoms with E-state index in [1.165, 1.54) is 0 Å². The molecule has 1 heterocycles. The molecular weight excluding hydrogens is 358 g/mol. The maximum absolute atomic E-state index is 12.6. The molecule has 0 bridgehead atoms. The average Bonchev–Trinajstić information content (AvgIpc) is 2.63. The van der Waals surface area contributed by atoms with Gasteiger partial charge in [-0.25, -0.2) is 4.79 Å². The Hall–Kier alpha value is -2.70. The molecule has 1 aromatic carbocycles. The van der Waals surface area contributed by atoms with Gasteiger partial charge in [0.1, 0.15) is 12.4 Å². The molecule has 2 rings (SSSR count). The Morgan fingerprint density at radius 2 is 1.96 bits per heavy atom. The quantitative estimate of drug-likeness (QED) is 0.544. The second kappa shape index (κ2) is 8.54. The Morgan fingerprint density at radius 1 is 1.32 bits per heavy atom. The molecule has 0 fully saturated rings. The summed E-state index contributed by atoms with van der Waals surface area (Å²) >= 11 is 0. The van der Waals surface area contributed by atoms with Gasteiger partial charge in [0, 0.05) is 11.7 Å². The molecule has 0 saturated heterocycles. The van der Waals surface area contributed by atoms with Crippen molar-refractivity contribution in [2.24, 2.45) is 11.1 Å². The smallest absolute Gasteiger partial charge is 0.335 e. The topological polar surface area (TPSA) is 114 Å². The lowest BCUT2D eigenvalue weighted by Gasteiger charge is -2.30. The first-order valence-electron chi connectivity index (χ1n) is 9.68. The molecular formula is C21H31N3O4. The lowest BCUT2D eigenvalue weighted by molar-refractivity contribution is -0.133. The third-order valence-electron chi connectivity index (χ3n) is 5.15. The number of aliphatic carboxylic acids is 1. The van der Waals surface area contributed by atoms with Gasteiger partial charge in [0.25, 0.3) is 0 Å². The number of ether oxygens (including phenoxy) is 1. The maximum atomic E-state index is 12.6. The Morgan fingerprint density at radius 3 is 2.54 bits per heavy atom. The van der Waals surface area contributed by atoms with Crippen LogP contribution >= 0.6 is 0 Å².